The molecular formula is C21H16ClNO2S. The molecule has 3 nitrogen and oxygen atoms in total. The van der Waals surface area contributed by atoms with E-state index in [0.29, 0.717) is 21.8 Å². The van der Waals surface area contributed by atoms with Gasteiger partial charge < -0.3 is 5.32 Å². The number of hydrogen-bond donors (Lipinski definition) is 1. The summed E-state index contributed by atoms with van der Waals surface area (Å²) in [5.74, 6) is 0.0740. The zero-order chi connectivity index (χ0) is 18.4. The molecule has 0 aromatic heterocycles. The maximum absolute atomic E-state index is 12.5. The van der Waals surface area contributed by atoms with Gasteiger partial charge in [0, 0.05) is 26.7 Å². The van der Waals surface area contributed by atoms with Crippen LogP contribution in [-0.2, 0) is 4.79 Å². The van der Waals surface area contributed by atoms with Crippen LogP contribution >= 0.6 is 23.4 Å². The molecule has 0 aliphatic heterocycles. The van der Waals surface area contributed by atoms with Gasteiger partial charge in [-0.15, -0.1) is 11.8 Å². The molecule has 0 heterocycles. The number of rotatable bonds is 6. The van der Waals surface area contributed by atoms with E-state index in [-0.39, 0.29) is 17.4 Å². The van der Waals surface area contributed by atoms with Crippen molar-refractivity contribution in [2.75, 3.05) is 11.1 Å². The summed E-state index contributed by atoms with van der Waals surface area (Å²) in [6.07, 6.45) is 0. The van der Waals surface area contributed by atoms with Crippen molar-refractivity contribution in [3.63, 3.8) is 0 Å². The van der Waals surface area contributed by atoms with Crippen LogP contribution < -0.4 is 5.32 Å². The Hall–Kier alpha value is -2.56. The van der Waals surface area contributed by atoms with Gasteiger partial charge in [0.1, 0.15) is 0 Å². The molecule has 130 valence electrons. The van der Waals surface area contributed by atoms with Crippen molar-refractivity contribution in [1.82, 2.24) is 0 Å². The van der Waals surface area contributed by atoms with Crippen LogP contribution in [0.1, 0.15) is 15.9 Å². The van der Waals surface area contributed by atoms with Crippen molar-refractivity contribution in [2.24, 2.45) is 0 Å². The number of ketones is 1. The third kappa shape index (κ3) is 4.97. The average Bonchev–Trinajstić information content (AvgIpc) is 2.68. The van der Waals surface area contributed by atoms with Crippen LogP contribution in [0.4, 0.5) is 5.69 Å². The number of hydrogen-bond acceptors (Lipinski definition) is 3. The summed E-state index contributed by atoms with van der Waals surface area (Å²) in [6.45, 7) is 0. The van der Waals surface area contributed by atoms with E-state index in [2.05, 4.69) is 5.32 Å². The topological polar surface area (TPSA) is 46.2 Å². The zero-order valence-corrected chi connectivity index (χ0v) is 15.4. The van der Waals surface area contributed by atoms with E-state index < -0.39 is 0 Å². The van der Waals surface area contributed by atoms with Gasteiger partial charge in [-0.3, -0.25) is 9.59 Å². The van der Waals surface area contributed by atoms with Crippen molar-refractivity contribution in [3.05, 3.63) is 95.0 Å². The van der Waals surface area contributed by atoms with Gasteiger partial charge in [0.2, 0.25) is 5.91 Å². The van der Waals surface area contributed by atoms with Crippen LogP contribution in [0.25, 0.3) is 0 Å². The highest BCUT2D eigenvalue weighted by Gasteiger charge is 2.10. The van der Waals surface area contributed by atoms with Gasteiger partial charge in [-0.05, 0) is 36.4 Å². The molecular weight excluding hydrogens is 366 g/mol. The van der Waals surface area contributed by atoms with Gasteiger partial charge in [-0.1, -0.05) is 54.1 Å². The lowest BCUT2D eigenvalue weighted by Crippen LogP contribution is -2.14. The largest absolute Gasteiger partial charge is 0.325 e. The SMILES string of the molecule is O=C(CSc1ccc(Cl)cc1)Nc1cccc(C(=O)c2ccccc2)c1. The molecule has 0 unspecified atom stereocenters. The van der Waals surface area contributed by atoms with Gasteiger partial charge in [0.15, 0.2) is 5.78 Å². The average molecular weight is 382 g/mol. The number of thioether (sulfide) groups is 1. The van der Waals surface area contributed by atoms with Crippen molar-refractivity contribution in [1.29, 1.82) is 0 Å². The summed E-state index contributed by atoms with van der Waals surface area (Å²) < 4.78 is 0. The molecule has 5 heteroatoms. The number of amides is 1. The molecule has 0 radical (unpaired) electrons. The van der Waals surface area contributed by atoms with Crippen LogP contribution in [0, 0.1) is 0 Å². The van der Waals surface area contributed by atoms with E-state index >= 15 is 0 Å². The second kappa shape index (κ2) is 8.70. The third-order valence-corrected chi connectivity index (χ3v) is 4.89. The van der Waals surface area contributed by atoms with Crippen LogP contribution in [-0.4, -0.2) is 17.4 Å². The first-order chi connectivity index (χ1) is 12.6. The maximum Gasteiger partial charge on any atom is 0.234 e. The Kier molecular flexibility index (Phi) is 6.10. The molecule has 0 fully saturated rings. The Morgan fingerprint density at radius 1 is 0.846 bits per heavy atom. The van der Waals surface area contributed by atoms with E-state index in [1.807, 2.05) is 30.3 Å². The first-order valence-corrected chi connectivity index (χ1v) is 9.36. The molecule has 0 aliphatic rings. The van der Waals surface area contributed by atoms with Crippen molar-refractivity contribution in [2.45, 2.75) is 4.90 Å². The number of anilines is 1. The van der Waals surface area contributed by atoms with E-state index in [1.165, 1.54) is 11.8 Å². The second-order valence-corrected chi connectivity index (χ2v) is 7.05. The molecule has 0 aliphatic carbocycles. The van der Waals surface area contributed by atoms with Gasteiger partial charge in [-0.25, -0.2) is 0 Å². The van der Waals surface area contributed by atoms with Gasteiger partial charge >= 0.3 is 0 Å². The third-order valence-electron chi connectivity index (χ3n) is 3.63. The van der Waals surface area contributed by atoms with E-state index in [0.717, 1.165) is 4.90 Å². The molecule has 3 aromatic carbocycles. The summed E-state index contributed by atoms with van der Waals surface area (Å²) in [6, 6.07) is 23.4. The highest BCUT2D eigenvalue weighted by Crippen LogP contribution is 2.21. The summed E-state index contributed by atoms with van der Waals surface area (Å²) in [5, 5.41) is 3.50. The highest BCUT2D eigenvalue weighted by atomic mass is 35.5. The monoisotopic (exact) mass is 381 g/mol. The minimum Gasteiger partial charge on any atom is -0.325 e. The Morgan fingerprint density at radius 3 is 2.27 bits per heavy atom. The van der Waals surface area contributed by atoms with Crippen LogP contribution in [0.15, 0.2) is 83.8 Å². The maximum atomic E-state index is 12.5. The molecule has 3 rings (SSSR count). The summed E-state index contributed by atoms with van der Waals surface area (Å²) >= 11 is 7.28. The predicted molar refractivity (Wildman–Crippen MR) is 107 cm³/mol. The Balaban J connectivity index is 1.62. The molecule has 0 saturated heterocycles. The smallest absolute Gasteiger partial charge is 0.234 e. The molecule has 1 N–H and O–H groups in total. The lowest BCUT2D eigenvalue weighted by molar-refractivity contribution is -0.113. The minimum absolute atomic E-state index is 0.0720. The second-order valence-electron chi connectivity index (χ2n) is 5.57. The van der Waals surface area contributed by atoms with E-state index in [9.17, 15) is 9.59 Å². The fraction of sp³-hybridized carbons (Fsp3) is 0.0476. The number of carbonyl (C=O) groups excluding carboxylic acids is 2. The zero-order valence-electron chi connectivity index (χ0n) is 13.8. The fourth-order valence-electron chi connectivity index (χ4n) is 2.37. The van der Waals surface area contributed by atoms with Crippen LogP contribution in [0.3, 0.4) is 0 Å². The van der Waals surface area contributed by atoms with Gasteiger partial charge in [-0.2, -0.15) is 0 Å². The highest BCUT2D eigenvalue weighted by molar-refractivity contribution is 8.00. The Morgan fingerprint density at radius 2 is 1.54 bits per heavy atom. The normalized spacial score (nSPS) is 10.3. The summed E-state index contributed by atoms with van der Waals surface area (Å²) in [4.78, 5) is 25.6. The quantitative estimate of drug-likeness (QED) is 0.465. The number of carbonyl (C=O) groups is 2. The summed E-state index contributed by atoms with van der Waals surface area (Å²) in [5.41, 5.74) is 1.77. The lowest BCUT2D eigenvalue weighted by atomic mass is 10.0. The number of benzene rings is 3. The van der Waals surface area contributed by atoms with Crippen LogP contribution in [0.5, 0.6) is 0 Å². The molecule has 3 aromatic rings. The Bertz CT molecular complexity index is 911. The van der Waals surface area contributed by atoms with Crippen molar-refractivity contribution in [3.8, 4) is 0 Å². The number of halogens is 1. The molecule has 0 atom stereocenters. The summed E-state index contributed by atoms with van der Waals surface area (Å²) in [7, 11) is 0. The first kappa shape index (κ1) is 18.2. The van der Waals surface area contributed by atoms with E-state index in [1.54, 1.807) is 48.5 Å². The van der Waals surface area contributed by atoms with Crippen molar-refractivity contribution < 1.29 is 9.59 Å². The standard InChI is InChI=1S/C21H16ClNO2S/c22-17-9-11-19(12-10-17)26-14-20(24)23-18-8-4-7-16(13-18)21(25)15-5-2-1-3-6-15/h1-13H,14H2,(H,23,24). The van der Waals surface area contributed by atoms with Crippen LogP contribution in [0.2, 0.25) is 5.02 Å². The molecule has 0 spiro atoms. The van der Waals surface area contributed by atoms with E-state index in [4.69, 9.17) is 11.6 Å². The molecule has 0 saturated carbocycles. The van der Waals surface area contributed by atoms with Gasteiger partial charge in [0.25, 0.3) is 0 Å². The number of nitrogens with one attached hydrogen (secondary N) is 1. The molecule has 1 amide bonds. The predicted octanol–water partition coefficient (Wildman–Crippen LogP) is 5.30. The molecule has 0 bridgehead atoms. The lowest BCUT2D eigenvalue weighted by Gasteiger charge is -2.07. The minimum atomic E-state index is -0.130. The first-order valence-electron chi connectivity index (χ1n) is 8.00. The molecule has 26 heavy (non-hydrogen) atoms. The fourth-order valence-corrected chi connectivity index (χ4v) is 3.20. The van der Waals surface area contributed by atoms with Crippen molar-refractivity contribution >= 4 is 40.7 Å². The van der Waals surface area contributed by atoms with Gasteiger partial charge in [0.05, 0.1) is 5.75 Å². The Labute approximate surface area is 161 Å².